The highest BCUT2D eigenvalue weighted by atomic mass is 35.5. The van der Waals surface area contributed by atoms with Crippen LogP contribution in [0.4, 0.5) is 5.69 Å². The zero-order chi connectivity index (χ0) is 42.5. The molecule has 1 aromatic heterocycles. The van der Waals surface area contributed by atoms with E-state index in [-0.39, 0.29) is 29.2 Å². The third-order valence-corrected chi connectivity index (χ3v) is 16.6. The maximum absolute atomic E-state index is 14.8. The molecule has 4 saturated heterocycles. The molecular formula is C45H55ClN4O10. The number of benzene rings is 2. The van der Waals surface area contributed by atoms with Gasteiger partial charge in [-0.2, -0.15) is 0 Å². The molecule has 3 unspecified atom stereocenters. The van der Waals surface area contributed by atoms with Crippen LogP contribution in [-0.4, -0.2) is 144 Å². The first-order chi connectivity index (χ1) is 28.6. The molecule has 2 aromatic carbocycles. The molecule has 14 nitrogen and oxygen atoms in total. The lowest BCUT2D eigenvalue weighted by molar-refractivity contribution is -0.241. The average Bonchev–Trinajstić information content (AvgIpc) is 3.65. The topological polar surface area (TPSA) is 178 Å². The molecule has 60 heavy (non-hydrogen) atoms. The van der Waals surface area contributed by atoms with E-state index in [0.717, 1.165) is 16.5 Å². The van der Waals surface area contributed by atoms with Crippen molar-refractivity contribution < 1.29 is 48.7 Å². The molecule has 10 rings (SSSR count). The lowest BCUT2D eigenvalue weighted by Crippen LogP contribution is -2.83. The summed E-state index contributed by atoms with van der Waals surface area (Å²) in [6.07, 6.45) is 0.526. The largest absolute Gasteiger partial charge is 0.495 e. The maximum Gasteiger partial charge on any atom is 0.344 e. The average molecular weight is 847 g/mol. The lowest BCUT2D eigenvalue weighted by Gasteiger charge is -2.64. The number of rotatable bonds is 7. The first-order valence-corrected chi connectivity index (χ1v) is 21.8. The number of esters is 2. The van der Waals surface area contributed by atoms with E-state index in [1.165, 1.54) is 21.1 Å². The number of methoxy groups -OCH3 is 2. The van der Waals surface area contributed by atoms with Gasteiger partial charge in [-0.3, -0.25) is 19.4 Å². The number of aliphatic carboxylic acids is 1. The van der Waals surface area contributed by atoms with Gasteiger partial charge < -0.3 is 44.2 Å². The molecule has 5 fully saturated rings. The molecular weight excluding hydrogens is 792 g/mol. The van der Waals surface area contributed by atoms with E-state index in [2.05, 4.69) is 14.8 Å². The SMILES string of the molecule is CC[C@]1(O)C[C@H]2CN(CCc3c([nH]c4ccccc34)[C@@](C(=O)O)(c3cc4c(c(Cl)c3OC)N(C)[C@H]3[C@@](O)(C(=O)OC)[C@H](OC(C)=O)[C@]5(CC)C6OC6CN6CC[C@]43[C@H]65)C2)C1. The number of hydrogen-bond acceptors (Lipinski definition) is 12. The quantitative estimate of drug-likeness (QED) is 0.200. The first kappa shape index (κ1) is 40.2. The van der Waals surface area contributed by atoms with Gasteiger partial charge in [0.25, 0.3) is 0 Å². The van der Waals surface area contributed by atoms with Gasteiger partial charge in [0.1, 0.15) is 16.2 Å². The number of nitrogens with zero attached hydrogens (tertiary/aromatic N) is 3. The van der Waals surface area contributed by atoms with Gasteiger partial charge in [0.05, 0.1) is 49.2 Å². The Morgan fingerprint density at radius 3 is 2.48 bits per heavy atom. The Labute approximate surface area is 354 Å². The predicted octanol–water partition coefficient (Wildman–Crippen LogP) is 3.77. The summed E-state index contributed by atoms with van der Waals surface area (Å²) < 4.78 is 24.3. The van der Waals surface area contributed by atoms with Crippen molar-refractivity contribution in [3.8, 4) is 5.75 Å². The van der Waals surface area contributed by atoms with Crippen LogP contribution in [0.25, 0.3) is 10.9 Å². The highest BCUT2D eigenvalue weighted by Gasteiger charge is 2.85. The molecule has 2 bridgehead atoms. The monoisotopic (exact) mass is 846 g/mol. The summed E-state index contributed by atoms with van der Waals surface area (Å²) in [6.45, 7) is 8.17. The number of ether oxygens (including phenoxy) is 4. The zero-order valence-electron chi connectivity index (χ0n) is 35.0. The summed E-state index contributed by atoms with van der Waals surface area (Å²) in [5.41, 5.74) is -3.50. The van der Waals surface area contributed by atoms with Gasteiger partial charge >= 0.3 is 17.9 Å². The number of carbonyl (C=O) groups excluding carboxylic acids is 2. The van der Waals surface area contributed by atoms with Gasteiger partial charge in [0.2, 0.25) is 5.60 Å². The van der Waals surface area contributed by atoms with Crippen LogP contribution >= 0.6 is 11.6 Å². The Morgan fingerprint density at radius 1 is 1.03 bits per heavy atom. The van der Waals surface area contributed by atoms with Gasteiger partial charge in [-0.1, -0.05) is 43.6 Å². The van der Waals surface area contributed by atoms with Crippen molar-refractivity contribution in [1.82, 2.24) is 14.8 Å². The van der Waals surface area contributed by atoms with Crippen molar-refractivity contribution in [2.45, 2.75) is 112 Å². The van der Waals surface area contributed by atoms with Crippen LogP contribution in [0.2, 0.25) is 5.02 Å². The number of H-pyrrole nitrogens is 1. The number of hydrogen-bond donors (Lipinski definition) is 4. The second-order valence-electron chi connectivity index (χ2n) is 18.8. The molecule has 1 aliphatic carbocycles. The molecule has 6 aliphatic heterocycles. The van der Waals surface area contributed by atoms with Crippen LogP contribution in [0.1, 0.15) is 75.3 Å². The van der Waals surface area contributed by atoms with Crippen molar-refractivity contribution in [3.63, 3.8) is 0 Å². The van der Waals surface area contributed by atoms with Crippen molar-refractivity contribution in [2.75, 3.05) is 58.9 Å². The molecule has 0 amide bonds. The Bertz CT molecular complexity index is 2340. The number of carboxylic acids is 1. The lowest BCUT2D eigenvalue weighted by atomic mass is 9.46. The molecule has 1 saturated carbocycles. The number of halogens is 1. The number of aromatic nitrogens is 1. The van der Waals surface area contributed by atoms with E-state index < -0.39 is 69.6 Å². The van der Waals surface area contributed by atoms with Gasteiger partial charge in [0.15, 0.2) is 6.10 Å². The number of fused-ring (bicyclic) bond motifs is 8. The minimum absolute atomic E-state index is 0.130. The summed E-state index contributed by atoms with van der Waals surface area (Å²) >= 11 is 7.69. The number of piperidine rings is 2. The number of likely N-dealkylation sites (N-methyl/N-ethyl adjacent to an activating group) is 1. The van der Waals surface area contributed by atoms with Crippen LogP contribution < -0.4 is 9.64 Å². The van der Waals surface area contributed by atoms with Crippen LogP contribution in [0.5, 0.6) is 5.75 Å². The number of carboxylic acid groups (broad SMARTS) is 1. The number of aliphatic hydroxyl groups is 2. The third-order valence-electron chi connectivity index (χ3n) is 16.2. The van der Waals surface area contributed by atoms with E-state index in [0.29, 0.717) is 87.3 Å². The molecule has 4 N–H and O–H groups in total. The van der Waals surface area contributed by atoms with E-state index in [4.69, 9.17) is 30.5 Å². The van der Waals surface area contributed by atoms with E-state index in [1.807, 2.05) is 49.1 Å². The number of carbonyl (C=O) groups is 3. The fourth-order valence-corrected chi connectivity index (χ4v) is 14.6. The van der Waals surface area contributed by atoms with Crippen molar-refractivity contribution in [1.29, 1.82) is 0 Å². The van der Waals surface area contributed by atoms with Gasteiger partial charge in [-0.25, -0.2) is 4.79 Å². The summed E-state index contributed by atoms with van der Waals surface area (Å²) in [7, 11) is 4.47. The van der Waals surface area contributed by atoms with Crippen molar-refractivity contribution >= 4 is 46.1 Å². The second kappa shape index (κ2) is 13.3. The van der Waals surface area contributed by atoms with E-state index in [1.54, 1.807) is 7.05 Å². The molecule has 1 spiro atoms. The van der Waals surface area contributed by atoms with Gasteiger partial charge in [0, 0.05) is 73.8 Å². The molecule has 7 aliphatic rings. The number of aromatic amines is 1. The highest BCUT2D eigenvalue weighted by molar-refractivity contribution is 6.35. The molecule has 0 radical (unpaired) electrons. The Kier molecular flexibility index (Phi) is 8.90. The minimum Gasteiger partial charge on any atom is -0.495 e. The van der Waals surface area contributed by atoms with Crippen LogP contribution in [0.15, 0.2) is 30.3 Å². The fraction of sp³-hybridized carbons (Fsp3) is 0.622. The van der Waals surface area contributed by atoms with E-state index >= 15 is 0 Å². The fourth-order valence-electron chi connectivity index (χ4n) is 14.2. The number of para-hydroxylation sites is 1. The molecule has 12 atom stereocenters. The van der Waals surface area contributed by atoms with Gasteiger partial charge in [-0.05, 0) is 74.2 Å². The van der Waals surface area contributed by atoms with Crippen molar-refractivity contribution in [3.05, 3.63) is 57.7 Å². The summed E-state index contributed by atoms with van der Waals surface area (Å²) in [4.78, 5) is 52.5. The Hall–Kier alpha value is -3.92. The molecule has 15 heteroatoms. The normalized spacial score (nSPS) is 39.9. The number of anilines is 1. The van der Waals surface area contributed by atoms with Crippen LogP contribution in [0.3, 0.4) is 0 Å². The number of epoxide rings is 1. The molecule has 3 aromatic rings. The van der Waals surface area contributed by atoms with Gasteiger partial charge in [-0.15, -0.1) is 0 Å². The van der Waals surface area contributed by atoms with Crippen molar-refractivity contribution in [2.24, 2.45) is 11.3 Å². The maximum atomic E-state index is 14.8. The Balaban J connectivity index is 1.29. The van der Waals surface area contributed by atoms with E-state index in [9.17, 15) is 29.7 Å². The second-order valence-corrected chi connectivity index (χ2v) is 19.2. The minimum atomic E-state index is -2.41. The molecule has 7 heterocycles. The third kappa shape index (κ3) is 4.86. The first-order valence-electron chi connectivity index (χ1n) is 21.4. The predicted molar refractivity (Wildman–Crippen MR) is 221 cm³/mol. The Morgan fingerprint density at radius 2 is 1.80 bits per heavy atom. The number of nitrogens with one attached hydrogen (secondary N) is 1. The molecule has 322 valence electrons. The summed E-state index contributed by atoms with van der Waals surface area (Å²) in [5.74, 6) is -2.74. The highest BCUT2D eigenvalue weighted by Crippen LogP contribution is 2.72. The van der Waals surface area contributed by atoms with Crippen LogP contribution in [0, 0.1) is 11.3 Å². The standard InChI is InChI=1S/C45H55ClN4O10/c1-7-41(55)18-24-19-44(39(52)53,34-26(13-15-49(20-24)22-41)25-11-9-10-12-29(25)47-34)28-17-27-32(31(46)33(28)57-5)48(4)37-43(27)14-16-50-21-30-35(60-30)42(8-2,36(43)50)38(59-23(3)51)45(37,56)40(54)58-6/h9-12,17,24,30,35-38,47,55-56H,7-8,13-16,18-22H2,1-6H3,(H,52,53)/t24-,30?,35?,36-,37-,38-,41+,42-,43-,44+,45+/m1/s1. The summed E-state index contributed by atoms with van der Waals surface area (Å²) in [5, 5.41) is 38.6. The zero-order valence-corrected chi connectivity index (χ0v) is 35.8. The summed E-state index contributed by atoms with van der Waals surface area (Å²) in [6, 6.07) is 8.34. The smallest absolute Gasteiger partial charge is 0.344 e. The van der Waals surface area contributed by atoms with Crippen LogP contribution in [-0.2, 0) is 45.8 Å².